The van der Waals surface area contributed by atoms with Gasteiger partial charge >= 0.3 is 5.97 Å². The highest BCUT2D eigenvalue weighted by molar-refractivity contribution is 6.01. The number of halogens is 1. The van der Waals surface area contributed by atoms with Crippen LogP contribution in [0.1, 0.15) is 33.4 Å². The molecule has 4 rings (SSSR count). The summed E-state index contributed by atoms with van der Waals surface area (Å²) in [5.74, 6) is -1.36. The number of nitrogens with zero attached hydrogens (tertiary/aromatic N) is 4. The maximum atomic E-state index is 14.1. The van der Waals surface area contributed by atoms with Crippen molar-refractivity contribution < 1.29 is 18.7 Å². The van der Waals surface area contributed by atoms with Crippen LogP contribution in [-0.2, 0) is 14.3 Å². The van der Waals surface area contributed by atoms with Crippen LogP contribution < -0.4 is 10.6 Å². The molecule has 202 valence electrons. The highest BCUT2D eigenvalue weighted by Crippen LogP contribution is 2.35. The molecule has 0 fully saturated rings. The Bertz CT molecular complexity index is 1530. The van der Waals surface area contributed by atoms with Gasteiger partial charge in [-0.2, -0.15) is 4.39 Å². The van der Waals surface area contributed by atoms with E-state index in [0.717, 1.165) is 22.9 Å². The third kappa shape index (κ3) is 5.73. The number of pyridine rings is 2. The molecular weight excluding hydrogens is 497 g/mol. The zero-order valence-electron chi connectivity index (χ0n) is 22.5. The summed E-state index contributed by atoms with van der Waals surface area (Å²) in [5.41, 5.74) is 10.3. The van der Waals surface area contributed by atoms with Crippen LogP contribution in [0.4, 0.5) is 10.1 Å². The number of anilines is 1. The van der Waals surface area contributed by atoms with E-state index in [2.05, 4.69) is 11.6 Å². The highest BCUT2D eigenvalue weighted by Gasteiger charge is 2.25. The lowest BCUT2D eigenvalue weighted by Gasteiger charge is -2.21. The summed E-state index contributed by atoms with van der Waals surface area (Å²) in [6.45, 7) is 9.16. The first-order chi connectivity index (χ1) is 18.6. The number of carbonyl (C=O) groups is 2. The quantitative estimate of drug-likeness (QED) is 0.175. The van der Waals surface area contributed by atoms with Crippen molar-refractivity contribution in [2.24, 2.45) is 11.7 Å². The van der Waals surface area contributed by atoms with Gasteiger partial charge in [-0.1, -0.05) is 39.0 Å². The van der Waals surface area contributed by atoms with Crippen LogP contribution in [0.15, 0.2) is 73.7 Å². The van der Waals surface area contributed by atoms with Crippen molar-refractivity contribution >= 4 is 28.6 Å². The maximum absolute atomic E-state index is 14.1. The van der Waals surface area contributed by atoms with E-state index in [1.165, 1.54) is 23.2 Å². The highest BCUT2D eigenvalue weighted by atomic mass is 19.1. The number of carbonyl (C=O) groups excluding carboxylic acids is 2. The molecule has 2 N–H and O–H groups in total. The summed E-state index contributed by atoms with van der Waals surface area (Å²) in [7, 11) is 1.68. The predicted molar refractivity (Wildman–Crippen MR) is 150 cm³/mol. The number of benzene rings is 1. The van der Waals surface area contributed by atoms with E-state index < -0.39 is 24.2 Å². The average Bonchev–Trinajstić information content (AvgIpc) is 3.34. The molecule has 0 aliphatic carbocycles. The van der Waals surface area contributed by atoms with Crippen LogP contribution in [0, 0.1) is 11.9 Å². The Morgan fingerprint density at radius 2 is 1.92 bits per heavy atom. The summed E-state index contributed by atoms with van der Waals surface area (Å²) >= 11 is 0. The Balaban J connectivity index is 1.80. The summed E-state index contributed by atoms with van der Waals surface area (Å²) in [4.78, 5) is 34.7. The number of nitrogens with two attached hydrogens (primary N) is 1. The van der Waals surface area contributed by atoms with Crippen molar-refractivity contribution in [3.05, 3.63) is 79.7 Å². The van der Waals surface area contributed by atoms with E-state index in [0.29, 0.717) is 22.5 Å². The Labute approximate surface area is 226 Å². The monoisotopic (exact) mass is 529 g/mol. The second-order valence-electron chi connectivity index (χ2n) is 9.51. The zero-order valence-corrected chi connectivity index (χ0v) is 22.5. The number of likely N-dealkylation sites (N-methyl/N-ethyl adjacent to an activating group) is 1. The molecule has 8 nitrogen and oxygen atoms in total. The molecule has 3 unspecified atom stereocenters. The van der Waals surface area contributed by atoms with Crippen LogP contribution in [0.5, 0.6) is 0 Å². The fourth-order valence-corrected chi connectivity index (χ4v) is 4.31. The number of fused-ring (bicyclic) bond motifs is 1. The van der Waals surface area contributed by atoms with Crippen LogP contribution in [-0.4, -0.2) is 39.5 Å². The van der Waals surface area contributed by atoms with E-state index >= 15 is 0 Å². The molecule has 39 heavy (non-hydrogen) atoms. The zero-order chi connectivity index (χ0) is 28.3. The number of ether oxygens (including phenoxy) is 1. The smallest absolute Gasteiger partial charge is 0.325 e. The normalized spacial score (nSPS) is 13.5. The molecule has 0 spiro atoms. The molecule has 0 radical (unpaired) electrons. The first-order valence-corrected chi connectivity index (χ1v) is 12.7. The number of amides is 1. The number of aromatic nitrogens is 3. The minimum atomic E-state index is -0.744. The van der Waals surface area contributed by atoms with Crippen molar-refractivity contribution in [3.63, 3.8) is 0 Å². The Morgan fingerprint density at radius 1 is 1.15 bits per heavy atom. The molecule has 3 aromatic heterocycles. The molecule has 0 aliphatic rings. The molecule has 0 saturated heterocycles. The van der Waals surface area contributed by atoms with Gasteiger partial charge in [-0.25, -0.2) is 9.97 Å². The fourth-order valence-electron chi connectivity index (χ4n) is 4.31. The van der Waals surface area contributed by atoms with Gasteiger partial charge in [0.25, 0.3) is 0 Å². The Hall–Kier alpha value is -4.37. The van der Waals surface area contributed by atoms with Gasteiger partial charge < -0.3 is 15.4 Å². The Kier molecular flexibility index (Phi) is 8.21. The minimum absolute atomic E-state index is 0.0290. The van der Waals surface area contributed by atoms with Crippen LogP contribution in [0.25, 0.3) is 33.3 Å². The molecule has 0 bridgehead atoms. The van der Waals surface area contributed by atoms with Crippen LogP contribution in [0.3, 0.4) is 0 Å². The molecule has 1 aromatic carbocycles. The van der Waals surface area contributed by atoms with Crippen molar-refractivity contribution in [1.82, 2.24) is 14.5 Å². The second-order valence-corrected chi connectivity index (χ2v) is 9.51. The fraction of sp³-hybridized carbons (Fsp3) is 0.267. The van der Waals surface area contributed by atoms with Gasteiger partial charge in [0.15, 0.2) is 6.23 Å². The van der Waals surface area contributed by atoms with E-state index in [-0.39, 0.29) is 11.8 Å². The van der Waals surface area contributed by atoms with Gasteiger partial charge in [0, 0.05) is 53.9 Å². The number of rotatable bonds is 9. The SMILES string of the molecule is C=CC(=O)N(C)c1cccc(-c2cnc3c(c2)c(-c2ccnc(F)c2)cn3C(C)OC(=O)C(N)C(C)CC)c1. The van der Waals surface area contributed by atoms with Crippen molar-refractivity contribution in [2.45, 2.75) is 39.5 Å². The first-order valence-electron chi connectivity index (χ1n) is 12.7. The summed E-state index contributed by atoms with van der Waals surface area (Å²) in [5, 5.41) is 0.730. The molecule has 4 aromatic rings. The summed E-state index contributed by atoms with van der Waals surface area (Å²) in [6.07, 6.45) is 6.19. The van der Waals surface area contributed by atoms with E-state index in [4.69, 9.17) is 15.5 Å². The van der Waals surface area contributed by atoms with Gasteiger partial charge in [0.1, 0.15) is 11.7 Å². The van der Waals surface area contributed by atoms with Crippen molar-refractivity contribution in [3.8, 4) is 22.3 Å². The second kappa shape index (κ2) is 11.6. The topological polar surface area (TPSA) is 103 Å². The third-order valence-electron chi connectivity index (χ3n) is 6.99. The lowest BCUT2D eigenvalue weighted by atomic mass is 10.0. The number of esters is 1. The Morgan fingerprint density at radius 3 is 2.62 bits per heavy atom. The minimum Gasteiger partial charge on any atom is -0.440 e. The molecular formula is C30H32FN5O3. The van der Waals surface area contributed by atoms with E-state index in [1.54, 1.807) is 37.0 Å². The van der Waals surface area contributed by atoms with Gasteiger partial charge in [-0.3, -0.25) is 14.2 Å². The van der Waals surface area contributed by atoms with Gasteiger partial charge in [-0.05, 0) is 54.3 Å². The number of hydrogen-bond acceptors (Lipinski definition) is 6. The van der Waals surface area contributed by atoms with Gasteiger partial charge in [0.05, 0.1) is 0 Å². The van der Waals surface area contributed by atoms with E-state index in [1.807, 2.05) is 44.2 Å². The molecule has 1 amide bonds. The molecule has 0 saturated carbocycles. The number of hydrogen-bond donors (Lipinski definition) is 1. The van der Waals surface area contributed by atoms with E-state index in [9.17, 15) is 14.0 Å². The van der Waals surface area contributed by atoms with Gasteiger partial charge in [-0.15, -0.1) is 0 Å². The average molecular weight is 530 g/mol. The van der Waals surface area contributed by atoms with Crippen LogP contribution >= 0.6 is 0 Å². The largest absolute Gasteiger partial charge is 0.440 e. The van der Waals surface area contributed by atoms with Crippen molar-refractivity contribution in [1.29, 1.82) is 0 Å². The molecule has 3 atom stereocenters. The third-order valence-corrected chi connectivity index (χ3v) is 6.99. The predicted octanol–water partition coefficient (Wildman–Crippen LogP) is 5.49. The molecule has 0 aliphatic heterocycles. The molecule has 3 heterocycles. The lowest BCUT2D eigenvalue weighted by molar-refractivity contribution is -0.155. The van der Waals surface area contributed by atoms with Crippen LogP contribution in [0.2, 0.25) is 0 Å². The van der Waals surface area contributed by atoms with Crippen molar-refractivity contribution in [2.75, 3.05) is 11.9 Å². The summed E-state index contributed by atoms with van der Waals surface area (Å²) < 4.78 is 21.5. The first kappa shape index (κ1) is 27.7. The summed E-state index contributed by atoms with van der Waals surface area (Å²) in [6, 6.07) is 11.7. The van der Waals surface area contributed by atoms with Gasteiger partial charge in [0.2, 0.25) is 11.9 Å². The molecule has 9 heteroatoms. The lowest BCUT2D eigenvalue weighted by Crippen LogP contribution is -2.38. The maximum Gasteiger partial charge on any atom is 0.325 e. The standard InChI is InChI=1S/C30H32FN5O3/c1-6-18(3)28(32)30(38)39-19(4)36-17-25(21-11-12-33-26(31)15-21)24-14-22(16-34-29(24)36)20-9-8-10-23(13-20)35(5)27(37)7-2/h7-19,28H,2,6,32H2,1,3-5H3.